The summed E-state index contributed by atoms with van der Waals surface area (Å²) in [5, 5.41) is 7.17. The summed E-state index contributed by atoms with van der Waals surface area (Å²) in [4.78, 5) is 8.92. The summed E-state index contributed by atoms with van der Waals surface area (Å²) in [5.41, 5.74) is 1.93. The molecule has 6 heteroatoms. The zero-order valence-corrected chi connectivity index (χ0v) is 14.2. The van der Waals surface area contributed by atoms with Crippen LogP contribution in [0.15, 0.2) is 39.3 Å². The van der Waals surface area contributed by atoms with E-state index in [-0.39, 0.29) is 0 Å². The van der Waals surface area contributed by atoms with E-state index < -0.39 is 0 Å². The average Bonchev–Trinajstić information content (AvgIpc) is 3.20. The van der Waals surface area contributed by atoms with Crippen molar-refractivity contribution >= 4 is 0 Å². The smallest absolute Gasteiger partial charge is 0.227 e. The summed E-state index contributed by atoms with van der Waals surface area (Å²) in [6.07, 6.45) is 2.00. The number of oxazole rings is 1. The second kappa shape index (κ2) is 7.40. The van der Waals surface area contributed by atoms with Gasteiger partial charge in [-0.15, -0.1) is 0 Å². The predicted octanol–water partition coefficient (Wildman–Crippen LogP) is 2.97. The lowest BCUT2D eigenvalue weighted by molar-refractivity contribution is 0.366. The first kappa shape index (κ1) is 16.4. The molecule has 24 heavy (non-hydrogen) atoms. The Labute approximate surface area is 141 Å². The normalized spacial score (nSPS) is 12.5. The lowest BCUT2D eigenvalue weighted by Gasteiger charge is -2.04. The van der Waals surface area contributed by atoms with Crippen molar-refractivity contribution in [3.63, 3.8) is 0 Å². The molecule has 0 aliphatic heterocycles. The van der Waals surface area contributed by atoms with E-state index in [0.29, 0.717) is 30.7 Å². The maximum Gasteiger partial charge on any atom is 0.227 e. The maximum absolute atomic E-state index is 5.90. The number of likely N-dealkylation sites (N-methyl/N-ethyl adjacent to an activating group) is 1. The van der Waals surface area contributed by atoms with Gasteiger partial charge in [0, 0.05) is 30.9 Å². The average molecular weight is 326 g/mol. The molecule has 1 aromatic carbocycles. The summed E-state index contributed by atoms with van der Waals surface area (Å²) in [6, 6.07) is 10.3. The molecular formula is C18H22N4O2. The van der Waals surface area contributed by atoms with Crippen molar-refractivity contribution in [3.8, 4) is 11.3 Å². The highest BCUT2D eigenvalue weighted by atomic mass is 16.5. The molecule has 126 valence electrons. The third-order valence-electron chi connectivity index (χ3n) is 3.92. The van der Waals surface area contributed by atoms with Gasteiger partial charge in [-0.2, -0.15) is 4.98 Å². The molecule has 1 unspecified atom stereocenters. The summed E-state index contributed by atoms with van der Waals surface area (Å²) in [7, 11) is 1.92. The maximum atomic E-state index is 5.90. The van der Waals surface area contributed by atoms with Gasteiger partial charge in [-0.05, 0) is 20.9 Å². The molecule has 0 bridgehead atoms. The van der Waals surface area contributed by atoms with Crippen molar-refractivity contribution in [1.82, 2.24) is 20.4 Å². The molecule has 0 amide bonds. The molecule has 3 aromatic rings. The minimum atomic E-state index is 0.318. The molecule has 0 aliphatic carbocycles. The van der Waals surface area contributed by atoms with E-state index in [2.05, 4.69) is 27.4 Å². The van der Waals surface area contributed by atoms with Crippen LogP contribution in [0.5, 0.6) is 0 Å². The summed E-state index contributed by atoms with van der Waals surface area (Å²) in [5.74, 6) is 2.85. The van der Waals surface area contributed by atoms with Gasteiger partial charge < -0.3 is 14.3 Å². The van der Waals surface area contributed by atoms with Gasteiger partial charge in [-0.3, -0.25) is 0 Å². The van der Waals surface area contributed by atoms with Crippen molar-refractivity contribution in [1.29, 1.82) is 0 Å². The van der Waals surface area contributed by atoms with Gasteiger partial charge in [0.2, 0.25) is 5.89 Å². The summed E-state index contributed by atoms with van der Waals surface area (Å²) >= 11 is 0. The van der Waals surface area contributed by atoms with Crippen LogP contribution in [0.1, 0.15) is 30.2 Å². The van der Waals surface area contributed by atoms with Gasteiger partial charge in [-0.1, -0.05) is 35.5 Å². The van der Waals surface area contributed by atoms with E-state index in [0.717, 1.165) is 29.3 Å². The molecule has 1 N–H and O–H groups in total. The SMILES string of the molecule is CNC(C)Cc1noc(CCc2nc(C)c(-c3ccccc3)o2)n1. The van der Waals surface area contributed by atoms with Crippen molar-refractivity contribution < 1.29 is 8.94 Å². The van der Waals surface area contributed by atoms with Crippen molar-refractivity contribution in [3.05, 3.63) is 53.6 Å². The van der Waals surface area contributed by atoms with Gasteiger partial charge in [-0.25, -0.2) is 4.98 Å². The topological polar surface area (TPSA) is 77.0 Å². The lowest BCUT2D eigenvalue weighted by Crippen LogP contribution is -2.24. The number of benzene rings is 1. The van der Waals surface area contributed by atoms with Crippen LogP contribution in [0, 0.1) is 6.92 Å². The Morgan fingerprint density at radius 1 is 1.08 bits per heavy atom. The Bertz CT molecular complexity index is 779. The second-order valence-corrected chi connectivity index (χ2v) is 5.89. The third kappa shape index (κ3) is 3.89. The van der Waals surface area contributed by atoms with Crippen molar-refractivity contribution in [2.24, 2.45) is 0 Å². The summed E-state index contributed by atoms with van der Waals surface area (Å²) < 4.78 is 11.2. The first-order valence-corrected chi connectivity index (χ1v) is 8.16. The molecule has 0 spiro atoms. The molecule has 0 aliphatic rings. The van der Waals surface area contributed by atoms with Gasteiger partial charge in [0.25, 0.3) is 0 Å². The van der Waals surface area contributed by atoms with Crippen molar-refractivity contribution in [2.45, 2.75) is 39.2 Å². The van der Waals surface area contributed by atoms with Crippen LogP contribution in [0.2, 0.25) is 0 Å². The molecule has 1 atom stereocenters. The van der Waals surface area contributed by atoms with Crippen LogP contribution in [0.25, 0.3) is 11.3 Å². The Hall–Kier alpha value is -2.47. The van der Waals surface area contributed by atoms with E-state index >= 15 is 0 Å². The molecule has 2 aromatic heterocycles. The van der Waals surface area contributed by atoms with Crippen molar-refractivity contribution in [2.75, 3.05) is 7.05 Å². The van der Waals surface area contributed by atoms with E-state index in [1.54, 1.807) is 0 Å². The highest BCUT2D eigenvalue weighted by Gasteiger charge is 2.14. The Morgan fingerprint density at radius 3 is 2.58 bits per heavy atom. The largest absolute Gasteiger partial charge is 0.440 e. The van der Waals surface area contributed by atoms with Gasteiger partial charge >= 0.3 is 0 Å². The van der Waals surface area contributed by atoms with Crippen LogP contribution >= 0.6 is 0 Å². The van der Waals surface area contributed by atoms with E-state index in [1.165, 1.54) is 0 Å². The number of aryl methyl sites for hydroxylation is 3. The fraction of sp³-hybridized carbons (Fsp3) is 0.389. The number of hydrogen-bond acceptors (Lipinski definition) is 6. The molecule has 0 saturated heterocycles. The van der Waals surface area contributed by atoms with Crippen LogP contribution in [0.4, 0.5) is 0 Å². The fourth-order valence-electron chi connectivity index (χ4n) is 2.48. The van der Waals surface area contributed by atoms with Crippen LogP contribution in [0.3, 0.4) is 0 Å². The molecule has 0 fully saturated rings. The molecule has 0 radical (unpaired) electrons. The number of aromatic nitrogens is 3. The van der Waals surface area contributed by atoms with E-state index in [1.807, 2.05) is 44.3 Å². The molecule has 3 rings (SSSR count). The Kier molecular flexibility index (Phi) is 5.05. The number of nitrogens with zero attached hydrogens (tertiary/aromatic N) is 3. The highest BCUT2D eigenvalue weighted by Crippen LogP contribution is 2.24. The first-order valence-electron chi connectivity index (χ1n) is 8.16. The molecule has 2 heterocycles. The number of nitrogens with one attached hydrogen (secondary N) is 1. The van der Waals surface area contributed by atoms with Crippen LogP contribution in [-0.2, 0) is 19.3 Å². The minimum absolute atomic E-state index is 0.318. The fourth-order valence-corrected chi connectivity index (χ4v) is 2.48. The molecule has 6 nitrogen and oxygen atoms in total. The van der Waals surface area contributed by atoms with Crippen LogP contribution in [-0.4, -0.2) is 28.2 Å². The zero-order chi connectivity index (χ0) is 16.9. The zero-order valence-electron chi connectivity index (χ0n) is 14.2. The monoisotopic (exact) mass is 326 g/mol. The van der Waals surface area contributed by atoms with E-state index in [4.69, 9.17) is 8.94 Å². The first-order chi connectivity index (χ1) is 11.7. The van der Waals surface area contributed by atoms with Gasteiger partial charge in [0.15, 0.2) is 17.5 Å². The number of rotatable bonds is 7. The Balaban J connectivity index is 1.63. The predicted molar refractivity (Wildman–Crippen MR) is 90.6 cm³/mol. The second-order valence-electron chi connectivity index (χ2n) is 5.89. The quantitative estimate of drug-likeness (QED) is 0.719. The number of hydrogen-bond donors (Lipinski definition) is 1. The third-order valence-corrected chi connectivity index (χ3v) is 3.92. The van der Waals surface area contributed by atoms with Crippen LogP contribution < -0.4 is 5.32 Å². The van der Waals surface area contributed by atoms with E-state index in [9.17, 15) is 0 Å². The minimum Gasteiger partial charge on any atom is -0.440 e. The Morgan fingerprint density at radius 2 is 1.83 bits per heavy atom. The summed E-state index contributed by atoms with van der Waals surface area (Å²) in [6.45, 7) is 4.04. The van der Waals surface area contributed by atoms with Gasteiger partial charge in [0.05, 0.1) is 5.69 Å². The lowest BCUT2D eigenvalue weighted by atomic mass is 10.1. The van der Waals surface area contributed by atoms with Gasteiger partial charge in [0.1, 0.15) is 0 Å². The highest BCUT2D eigenvalue weighted by molar-refractivity contribution is 5.59. The molecule has 0 saturated carbocycles. The molecular weight excluding hydrogens is 304 g/mol. The standard InChI is InChI=1S/C18H22N4O2/c1-12(19-3)11-15-21-17(24-22-15)10-9-16-20-13(2)18(23-16)14-7-5-4-6-8-14/h4-8,12,19H,9-11H2,1-3H3.